The van der Waals surface area contributed by atoms with Gasteiger partial charge in [0, 0.05) is 12.3 Å². The SMILES string of the molecule is Cc1ccc(S(=O)(=O)NC(=O)c2ccc(-n3ccc(OCC4(C(F)(F)F)CC4)n3)nc2Cl)cc1. The third-order valence-corrected chi connectivity index (χ3v) is 7.02. The summed E-state index contributed by atoms with van der Waals surface area (Å²) >= 11 is 6.09. The van der Waals surface area contributed by atoms with E-state index in [1.165, 1.54) is 41.2 Å². The largest absolute Gasteiger partial charge is 0.476 e. The summed E-state index contributed by atoms with van der Waals surface area (Å²) in [7, 11) is -4.12. The molecule has 1 N–H and O–H groups in total. The van der Waals surface area contributed by atoms with Crippen molar-refractivity contribution in [2.24, 2.45) is 5.41 Å². The fourth-order valence-electron chi connectivity index (χ4n) is 3.06. The van der Waals surface area contributed by atoms with Gasteiger partial charge in [-0.15, -0.1) is 5.10 Å². The van der Waals surface area contributed by atoms with Crippen molar-refractivity contribution in [1.29, 1.82) is 0 Å². The molecule has 180 valence electrons. The molecule has 13 heteroatoms. The highest BCUT2D eigenvalue weighted by Gasteiger charge is 2.64. The Labute approximate surface area is 197 Å². The molecule has 0 bridgehead atoms. The van der Waals surface area contributed by atoms with Gasteiger partial charge < -0.3 is 4.74 Å². The van der Waals surface area contributed by atoms with Gasteiger partial charge >= 0.3 is 6.18 Å². The van der Waals surface area contributed by atoms with Crippen molar-refractivity contribution in [1.82, 2.24) is 19.5 Å². The van der Waals surface area contributed by atoms with Crippen LogP contribution in [0.25, 0.3) is 5.82 Å². The number of sulfonamides is 1. The second-order valence-corrected chi connectivity index (χ2v) is 9.96. The summed E-state index contributed by atoms with van der Waals surface area (Å²) in [6.45, 7) is 1.26. The fourth-order valence-corrected chi connectivity index (χ4v) is 4.26. The van der Waals surface area contributed by atoms with Gasteiger partial charge in [-0.2, -0.15) is 13.2 Å². The van der Waals surface area contributed by atoms with Crippen molar-refractivity contribution in [3.05, 3.63) is 64.9 Å². The summed E-state index contributed by atoms with van der Waals surface area (Å²) in [5.74, 6) is -0.856. The van der Waals surface area contributed by atoms with Crippen LogP contribution < -0.4 is 9.46 Å². The minimum atomic E-state index is -4.34. The predicted octanol–water partition coefficient (Wildman–Crippen LogP) is 4.07. The quantitative estimate of drug-likeness (QED) is 0.477. The Kier molecular flexibility index (Phi) is 6.06. The molecule has 3 aromatic rings. The third-order valence-electron chi connectivity index (χ3n) is 5.39. The van der Waals surface area contributed by atoms with Crippen LogP contribution in [0.3, 0.4) is 0 Å². The molecule has 2 heterocycles. The van der Waals surface area contributed by atoms with E-state index in [1.807, 2.05) is 4.72 Å². The molecule has 8 nitrogen and oxygen atoms in total. The smallest absolute Gasteiger partial charge is 0.397 e. The van der Waals surface area contributed by atoms with E-state index in [2.05, 4.69) is 10.1 Å². The number of carbonyl (C=O) groups excluding carboxylic acids is 1. The first-order valence-corrected chi connectivity index (χ1v) is 11.8. The molecule has 0 spiro atoms. The zero-order valence-electron chi connectivity index (χ0n) is 17.6. The zero-order chi connectivity index (χ0) is 24.7. The maximum Gasteiger partial charge on any atom is 0.397 e. The first-order valence-electron chi connectivity index (χ1n) is 9.96. The summed E-state index contributed by atoms with van der Waals surface area (Å²) in [5, 5.41) is 3.73. The molecule has 0 aliphatic heterocycles. The summed E-state index contributed by atoms with van der Waals surface area (Å²) < 4.78 is 72.3. The molecule has 1 amide bonds. The van der Waals surface area contributed by atoms with Crippen molar-refractivity contribution >= 4 is 27.5 Å². The summed E-state index contributed by atoms with van der Waals surface area (Å²) in [6, 6.07) is 9.91. The van der Waals surface area contributed by atoms with E-state index in [-0.39, 0.29) is 40.2 Å². The number of nitrogens with zero attached hydrogens (tertiary/aromatic N) is 3. The van der Waals surface area contributed by atoms with E-state index in [9.17, 15) is 26.4 Å². The zero-order valence-corrected chi connectivity index (χ0v) is 19.2. The maximum absolute atomic E-state index is 13.0. The molecule has 1 fully saturated rings. The molecule has 4 rings (SSSR count). The molecule has 2 aromatic heterocycles. The van der Waals surface area contributed by atoms with E-state index in [1.54, 1.807) is 19.1 Å². The molecule has 1 aromatic carbocycles. The van der Waals surface area contributed by atoms with Gasteiger partial charge in [0.05, 0.1) is 10.5 Å². The van der Waals surface area contributed by atoms with Crippen LogP contribution in [0.15, 0.2) is 53.6 Å². The second kappa shape index (κ2) is 8.58. The Morgan fingerprint density at radius 3 is 2.44 bits per heavy atom. The number of benzene rings is 1. The number of rotatable bonds is 7. The van der Waals surface area contributed by atoms with Gasteiger partial charge in [0.1, 0.15) is 17.2 Å². The number of carbonyl (C=O) groups is 1. The first kappa shape index (κ1) is 24.0. The molecular weight excluding hydrogens is 497 g/mol. The van der Waals surface area contributed by atoms with Crippen LogP contribution in [-0.4, -0.2) is 41.9 Å². The molecule has 34 heavy (non-hydrogen) atoms. The Hall–Kier alpha value is -3.12. The number of nitrogens with one attached hydrogen (secondary N) is 1. The van der Waals surface area contributed by atoms with Gasteiger partial charge in [0.25, 0.3) is 15.9 Å². The Bertz CT molecular complexity index is 1340. The Balaban J connectivity index is 1.45. The molecule has 0 saturated heterocycles. The van der Waals surface area contributed by atoms with Crippen molar-refractivity contribution < 1.29 is 31.1 Å². The highest BCUT2D eigenvalue weighted by molar-refractivity contribution is 7.90. The molecular formula is C21H18ClF3N4O4S. The van der Waals surface area contributed by atoms with Gasteiger partial charge in [-0.25, -0.2) is 22.8 Å². The molecule has 1 saturated carbocycles. The average Bonchev–Trinajstić information content (AvgIpc) is 3.42. The Morgan fingerprint density at radius 1 is 1.18 bits per heavy atom. The number of aryl methyl sites for hydroxylation is 1. The van der Waals surface area contributed by atoms with Crippen molar-refractivity contribution in [2.75, 3.05) is 6.61 Å². The first-order chi connectivity index (χ1) is 15.9. The van der Waals surface area contributed by atoms with Crippen LogP contribution in [0.2, 0.25) is 5.15 Å². The van der Waals surface area contributed by atoms with Gasteiger partial charge in [-0.1, -0.05) is 29.3 Å². The lowest BCUT2D eigenvalue weighted by Gasteiger charge is -2.18. The number of hydrogen-bond acceptors (Lipinski definition) is 6. The fraction of sp³-hybridized carbons (Fsp3) is 0.286. The van der Waals surface area contributed by atoms with Crippen LogP contribution in [0.5, 0.6) is 5.88 Å². The number of aromatic nitrogens is 3. The Morgan fingerprint density at radius 2 is 1.85 bits per heavy atom. The number of pyridine rings is 1. The van der Waals surface area contributed by atoms with Crippen LogP contribution >= 0.6 is 11.6 Å². The van der Waals surface area contributed by atoms with E-state index in [4.69, 9.17) is 16.3 Å². The topological polar surface area (TPSA) is 103 Å². The van der Waals surface area contributed by atoms with Gasteiger partial charge in [0.15, 0.2) is 5.82 Å². The molecule has 0 unspecified atom stereocenters. The van der Waals surface area contributed by atoms with E-state index in [0.29, 0.717) is 0 Å². The summed E-state index contributed by atoms with van der Waals surface area (Å²) in [4.78, 5) is 16.4. The highest BCUT2D eigenvalue weighted by atomic mass is 35.5. The number of alkyl halides is 3. The normalized spacial score (nSPS) is 15.1. The summed E-state index contributed by atoms with van der Waals surface area (Å²) in [6.07, 6.45) is -2.91. The third kappa shape index (κ3) is 4.87. The van der Waals surface area contributed by atoms with Crippen LogP contribution in [-0.2, 0) is 10.0 Å². The minimum Gasteiger partial charge on any atom is -0.476 e. The van der Waals surface area contributed by atoms with Crippen molar-refractivity contribution in [3.63, 3.8) is 0 Å². The lowest BCUT2D eigenvalue weighted by molar-refractivity contribution is -0.194. The number of halogens is 4. The van der Waals surface area contributed by atoms with Gasteiger partial charge in [0.2, 0.25) is 5.88 Å². The van der Waals surface area contributed by atoms with Crippen molar-refractivity contribution in [3.8, 4) is 11.7 Å². The van der Waals surface area contributed by atoms with E-state index < -0.39 is 34.1 Å². The van der Waals surface area contributed by atoms with Gasteiger partial charge in [-0.3, -0.25) is 4.79 Å². The van der Waals surface area contributed by atoms with Crippen molar-refractivity contribution in [2.45, 2.75) is 30.8 Å². The molecule has 0 radical (unpaired) electrons. The van der Waals surface area contributed by atoms with Crippen LogP contribution in [0.1, 0.15) is 28.8 Å². The standard InChI is InChI=1S/C21H18ClF3N4O4S/c1-13-2-4-14(5-3-13)34(31,32)28-19(30)15-6-7-16(26-18(15)22)29-11-8-17(27-29)33-12-20(9-10-20)21(23,24)25/h2-8,11H,9-10,12H2,1H3,(H,28,30). The van der Waals surface area contributed by atoms with Crippen LogP contribution in [0.4, 0.5) is 13.2 Å². The minimum absolute atomic E-state index is 0.0114. The average molecular weight is 515 g/mol. The molecule has 0 atom stereocenters. The lowest BCUT2D eigenvalue weighted by atomic mass is 10.1. The van der Waals surface area contributed by atoms with Crippen LogP contribution in [0, 0.1) is 12.3 Å². The van der Waals surface area contributed by atoms with E-state index >= 15 is 0 Å². The number of hydrogen-bond donors (Lipinski definition) is 1. The second-order valence-electron chi connectivity index (χ2n) is 7.92. The number of amides is 1. The number of ether oxygens (including phenoxy) is 1. The van der Waals surface area contributed by atoms with E-state index in [0.717, 1.165) is 5.56 Å². The maximum atomic E-state index is 13.0. The lowest BCUT2D eigenvalue weighted by Crippen LogP contribution is -2.31. The van der Waals surface area contributed by atoms with Gasteiger partial charge in [-0.05, 0) is 44.0 Å². The monoisotopic (exact) mass is 514 g/mol. The predicted molar refractivity (Wildman–Crippen MR) is 115 cm³/mol. The summed E-state index contributed by atoms with van der Waals surface area (Å²) in [5.41, 5.74) is -1.16. The molecule has 1 aliphatic rings. The highest BCUT2D eigenvalue weighted by Crippen LogP contribution is 2.57. The molecule has 1 aliphatic carbocycles.